The number of hydrogen-bond donors (Lipinski definition) is 0. The van der Waals surface area contributed by atoms with E-state index in [2.05, 4.69) is 132 Å². The molecule has 0 aliphatic carbocycles. The van der Waals surface area contributed by atoms with Gasteiger partial charge in [-0.25, -0.2) is 0 Å². The van der Waals surface area contributed by atoms with Crippen LogP contribution in [0.3, 0.4) is 0 Å². The predicted molar refractivity (Wildman–Crippen MR) is 144 cm³/mol. The lowest BCUT2D eigenvalue weighted by molar-refractivity contribution is 0.750. The van der Waals surface area contributed by atoms with Gasteiger partial charge in [0.25, 0.3) is 0 Å². The minimum Gasteiger partial charge on any atom is -0.0732 e. The number of rotatable bonds is 2. The van der Waals surface area contributed by atoms with Gasteiger partial charge in [0, 0.05) is 0 Å². The molecule has 1 unspecified atom stereocenters. The fraction of sp³-hybridized carbons (Fsp3) is 0.200. The highest BCUT2D eigenvalue weighted by atomic mass is 28.3. The fourth-order valence-corrected chi connectivity index (χ4v) is 11.5. The molecule has 4 aromatic carbocycles. The van der Waals surface area contributed by atoms with Crippen molar-refractivity contribution in [1.82, 2.24) is 0 Å². The molecule has 32 heavy (non-hydrogen) atoms. The zero-order valence-electron chi connectivity index (χ0n) is 19.8. The number of benzene rings is 4. The van der Waals surface area contributed by atoms with E-state index < -0.39 is 8.07 Å². The molecular weight excluding hydrogens is 399 g/mol. The molecule has 0 fully saturated rings. The highest BCUT2D eigenvalue weighted by Crippen LogP contribution is 2.29. The van der Waals surface area contributed by atoms with Crippen LogP contribution in [0, 0.1) is 13.8 Å². The molecule has 0 N–H and O–H groups in total. The summed E-state index contributed by atoms with van der Waals surface area (Å²) in [6.07, 6.45) is 0. The Kier molecular flexibility index (Phi) is 5.02. The molecule has 1 atom stereocenters. The fourth-order valence-electron chi connectivity index (χ4n) is 6.03. The Hall–Kier alpha value is -2.84. The predicted octanol–water partition coefficient (Wildman–Crippen LogP) is 3.40. The average molecular weight is 430 g/mol. The minimum absolute atomic E-state index is 0.128. The third-order valence-electron chi connectivity index (χ3n) is 7.22. The average Bonchev–Trinajstić information content (AvgIpc) is 2.78. The molecule has 0 amide bonds. The summed E-state index contributed by atoms with van der Waals surface area (Å²) in [4.78, 5) is 0. The van der Waals surface area contributed by atoms with Crippen molar-refractivity contribution >= 4 is 46.5 Å². The second kappa shape index (κ2) is 7.64. The molecule has 1 heterocycles. The summed E-state index contributed by atoms with van der Waals surface area (Å²) in [5, 5.41) is 6.22. The van der Waals surface area contributed by atoms with Crippen molar-refractivity contribution in [2.45, 2.75) is 39.9 Å². The highest BCUT2D eigenvalue weighted by molar-refractivity contribution is 7.25. The summed E-state index contributed by atoms with van der Waals surface area (Å²) in [7, 11) is -2.46. The van der Waals surface area contributed by atoms with Crippen LogP contribution in [0.15, 0.2) is 97.1 Å². The van der Waals surface area contributed by atoms with Gasteiger partial charge in [-0.15, -0.1) is 0 Å². The quantitative estimate of drug-likeness (QED) is 0.428. The van der Waals surface area contributed by atoms with E-state index in [1.165, 1.54) is 32.4 Å². The monoisotopic (exact) mass is 430 g/mol. The first-order valence-electron chi connectivity index (χ1n) is 11.7. The summed E-state index contributed by atoms with van der Waals surface area (Å²) in [6, 6.07) is 37.0. The zero-order valence-corrected chi connectivity index (χ0v) is 20.8. The van der Waals surface area contributed by atoms with Crippen molar-refractivity contribution < 1.29 is 0 Å². The Morgan fingerprint density at radius 2 is 1.19 bits per heavy atom. The molecular formula is C30H31BSi. The van der Waals surface area contributed by atoms with Gasteiger partial charge in [0.05, 0.1) is 0 Å². The SMILES string of the molecule is Cc1ccc([Si]2(c3ccccc3)c3ccccc3B(C(C)(C)C)c3cccc(C)c32)cc1. The van der Waals surface area contributed by atoms with E-state index in [0.29, 0.717) is 6.71 Å². The van der Waals surface area contributed by atoms with Gasteiger partial charge in [0.15, 0.2) is 8.07 Å². The van der Waals surface area contributed by atoms with Crippen molar-refractivity contribution in [3.05, 3.63) is 108 Å². The summed E-state index contributed by atoms with van der Waals surface area (Å²) in [5.41, 5.74) is 5.76. The van der Waals surface area contributed by atoms with Crippen LogP contribution in [0.4, 0.5) is 0 Å². The first kappa shape index (κ1) is 21.0. The lowest BCUT2D eigenvalue weighted by atomic mass is 9.28. The van der Waals surface area contributed by atoms with Gasteiger partial charge in [-0.2, -0.15) is 0 Å². The van der Waals surface area contributed by atoms with Crippen molar-refractivity contribution in [3.8, 4) is 0 Å². The van der Waals surface area contributed by atoms with Crippen LogP contribution in [-0.4, -0.2) is 14.8 Å². The summed E-state index contributed by atoms with van der Waals surface area (Å²) >= 11 is 0. The van der Waals surface area contributed by atoms with Crippen LogP contribution in [0.2, 0.25) is 5.31 Å². The van der Waals surface area contributed by atoms with Gasteiger partial charge in [-0.1, -0.05) is 150 Å². The van der Waals surface area contributed by atoms with Crippen LogP contribution in [0.25, 0.3) is 0 Å². The molecule has 0 saturated heterocycles. The van der Waals surface area contributed by atoms with E-state index in [9.17, 15) is 0 Å². The van der Waals surface area contributed by atoms with Gasteiger partial charge in [0.2, 0.25) is 6.71 Å². The summed E-state index contributed by atoms with van der Waals surface area (Å²) < 4.78 is 0. The molecule has 2 heteroatoms. The Balaban J connectivity index is 2.01. The summed E-state index contributed by atoms with van der Waals surface area (Å²) in [5.74, 6) is 0. The maximum absolute atomic E-state index is 2.46. The maximum Gasteiger partial charge on any atom is 0.214 e. The topological polar surface area (TPSA) is 0 Å². The van der Waals surface area contributed by atoms with Crippen LogP contribution in [0.1, 0.15) is 31.9 Å². The maximum atomic E-state index is 2.43. The van der Waals surface area contributed by atoms with Gasteiger partial charge >= 0.3 is 0 Å². The van der Waals surface area contributed by atoms with E-state index in [1.807, 2.05) is 0 Å². The van der Waals surface area contributed by atoms with Gasteiger partial charge < -0.3 is 0 Å². The van der Waals surface area contributed by atoms with Gasteiger partial charge in [-0.05, 0) is 29.4 Å². The minimum atomic E-state index is -2.46. The Bertz CT molecular complexity index is 1270. The lowest BCUT2D eigenvalue weighted by Gasteiger charge is -2.46. The third-order valence-corrected chi connectivity index (χ3v) is 12.3. The molecule has 0 spiro atoms. The molecule has 0 bridgehead atoms. The molecule has 0 radical (unpaired) electrons. The normalized spacial score (nSPS) is 17.6. The van der Waals surface area contributed by atoms with Crippen LogP contribution in [0.5, 0.6) is 0 Å². The zero-order chi connectivity index (χ0) is 22.5. The Morgan fingerprint density at radius 3 is 1.88 bits per heavy atom. The Morgan fingerprint density at radius 1 is 0.594 bits per heavy atom. The first-order chi connectivity index (χ1) is 15.3. The Labute approximate surface area is 194 Å². The van der Waals surface area contributed by atoms with Crippen LogP contribution < -0.4 is 31.7 Å². The third kappa shape index (κ3) is 3.04. The smallest absolute Gasteiger partial charge is 0.0732 e. The van der Waals surface area contributed by atoms with Crippen LogP contribution in [-0.2, 0) is 0 Å². The first-order valence-corrected chi connectivity index (χ1v) is 13.7. The number of fused-ring (bicyclic) bond motifs is 2. The highest BCUT2D eigenvalue weighted by Gasteiger charge is 2.52. The van der Waals surface area contributed by atoms with Crippen molar-refractivity contribution in [2.75, 3.05) is 0 Å². The van der Waals surface area contributed by atoms with E-state index in [0.717, 1.165) is 0 Å². The van der Waals surface area contributed by atoms with Crippen molar-refractivity contribution in [1.29, 1.82) is 0 Å². The molecule has 5 rings (SSSR count). The van der Waals surface area contributed by atoms with E-state index in [1.54, 1.807) is 10.4 Å². The number of hydrogen-bond acceptors (Lipinski definition) is 0. The second-order valence-corrected chi connectivity index (χ2v) is 14.1. The molecule has 158 valence electrons. The van der Waals surface area contributed by atoms with E-state index in [4.69, 9.17) is 0 Å². The molecule has 0 saturated carbocycles. The van der Waals surface area contributed by atoms with E-state index >= 15 is 0 Å². The van der Waals surface area contributed by atoms with E-state index in [-0.39, 0.29) is 5.31 Å². The van der Waals surface area contributed by atoms with Crippen molar-refractivity contribution in [2.24, 2.45) is 0 Å². The largest absolute Gasteiger partial charge is 0.214 e. The summed E-state index contributed by atoms with van der Waals surface area (Å²) in [6.45, 7) is 12.1. The molecule has 0 aromatic heterocycles. The standard InChI is InChI=1S/C30H31BSi/c1-22-18-20-25(21-19-22)32(24-13-7-6-8-14-24)28-17-10-9-15-26(28)31(30(3,4)5)27-16-11-12-23(2)29(27)32/h6-21H,1-5H3. The second-order valence-electron chi connectivity index (χ2n) is 10.4. The lowest BCUT2D eigenvalue weighted by Crippen LogP contribution is -2.86. The van der Waals surface area contributed by atoms with Gasteiger partial charge in [0.1, 0.15) is 0 Å². The molecule has 4 aromatic rings. The van der Waals surface area contributed by atoms with Crippen LogP contribution >= 0.6 is 0 Å². The molecule has 0 nitrogen and oxygen atoms in total. The van der Waals surface area contributed by atoms with Crippen molar-refractivity contribution in [3.63, 3.8) is 0 Å². The number of aryl methyl sites for hydroxylation is 2. The molecule has 1 aliphatic heterocycles. The van der Waals surface area contributed by atoms with Gasteiger partial charge in [-0.3, -0.25) is 0 Å². The molecule has 1 aliphatic rings.